The van der Waals surface area contributed by atoms with Gasteiger partial charge in [0, 0.05) is 36.5 Å². The van der Waals surface area contributed by atoms with E-state index in [1.165, 1.54) is 25.3 Å². The van der Waals surface area contributed by atoms with Crippen LogP contribution in [-0.4, -0.2) is 49.9 Å². The molecule has 1 saturated heterocycles. The molecule has 24 heavy (non-hydrogen) atoms. The molecular formula is C16H20ClFN2O4. The van der Waals surface area contributed by atoms with E-state index in [4.69, 9.17) is 16.3 Å². The van der Waals surface area contributed by atoms with Crippen molar-refractivity contribution in [2.75, 3.05) is 27.2 Å². The Morgan fingerprint density at radius 3 is 2.62 bits per heavy atom. The van der Waals surface area contributed by atoms with E-state index in [2.05, 4.69) is 15.0 Å². The van der Waals surface area contributed by atoms with Gasteiger partial charge in [0.05, 0.1) is 13.5 Å². The number of hydrogen-bond acceptors (Lipinski definition) is 5. The zero-order chi connectivity index (χ0) is 17.7. The molecule has 6 nitrogen and oxygen atoms in total. The number of carbonyl (C=O) groups excluding carboxylic acids is 2. The van der Waals surface area contributed by atoms with Gasteiger partial charge >= 0.3 is 6.16 Å². The molecular weight excluding hydrogens is 339 g/mol. The number of nitrogens with one attached hydrogen (secondary N) is 1. The second-order valence-corrected chi connectivity index (χ2v) is 6.19. The van der Waals surface area contributed by atoms with Crippen molar-refractivity contribution in [1.82, 2.24) is 10.2 Å². The minimum absolute atomic E-state index is 0.109. The van der Waals surface area contributed by atoms with Crippen molar-refractivity contribution in [3.8, 4) is 0 Å². The number of amides is 1. The summed E-state index contributed by atoms with van der Waals surface area (Å²) >= 11 is 5.94. The average molecular weight is 359 g/mol. The van der Waals surface area contributed by atoms with Gasteiger partial charge in [-0.05, 0) is 19.2 Å². The van der Waals surface area contributed by atoms with Crippen molar-refractivity contribution in [3.63, 3.8) is 0 Å². The third-order valence-corrected chi connectivity index (χ3v) is 4.36. The van der Waals surface area contributed by atoms with Crippen LogP contribution in [0.3, 0.4) is 0 Å². The van der Waals surface area contributed by atoms with Gasteiger partial charge in [-0.3, -0.25) is 4.79 Å². The lowest BCUT2D eigenvalue weighted by Gasteiger charge is -2.39. The summed E-state index contributed by atoms with van der Waals surface area (Å²) in [5.74, 6) is -1.03. The van der Waals surface area contributed by atoms with Crippen molar-refractivity contribution in [3.05, 3.63) is 34.6 Å². The third kappa shape index (κ3) is 4.58. The van der Waals surface area contributed by atoms with Crippen LogP contribution in [0, 0.1) is 5.82 Å². The molecule has 1 N–H and O–H groups in total. The minimum atomic E-state index is -1.16. The number of halogens is 2. The van der Waals surface area contributed by atoms with Crippen LogP contribution in [-0.2, 0) is 20.7 Å². The summed E-state index contributed by atoms with van der Waals surface area (Å²) in [5, 5.41) is 2.88. The zero-order valence-corrected chi connectivity index (χ0v) is 14.4. The molecule has 1 heterocycles. The molecule has 1 aromatic rings. The largest absolute Gasteiger partial charge is 0.510 e. The first-order chi connectivity index (χ1) is 11.3. The summed E-state index contributed by atoms with van der Waals surface area (Å²) in [7, 11) is 3.13. The van der Waals surface area contributed by atoms with Crippen LogP contribution >= 0.6 is 11.6 Å². The molecule has 1 aromatic carbocycles. The fourth-order valence-electron chi connectivity index (χ4n) is 2.59. The predicted octanol–water partition coefficient (Wildman–Crippen LogP) is 2.34. The Balaban J connectivity index is 2.11. The van der Waals surface area contributed by atoms with E-state index in [0.717, 1.165) is 0 Å². The number of rotatable bonds is 4. The Morgan fingerprint density at radius 2 is 2.04 bits per heavy atom. The Bertz CT molecular complexity index is 598. The van der Waals surface area contributed by atoms with Crippen LogP contribution in [0.4, 0.5) is 9.18 Å². The molecule has 1 aliphatic heterocycles. The molecule has 1 aliphatic rings. The molecule has 0 radical (unpaired) electrons. The molecule has 0 atom stereocenters. The first-order valence-electron chi connectivity index (χ1n) is 7.54. The average Bonchev–Trinajstić information content (AvgIpc) is 2.54. The topological polar surface area (TPSA) is 67.9 Å². The summed E-state index contributed by atoms with van der Waals surface area (Å²) < 4.78 is 23.7. The minimum Gasteiger partial charge on any atom is -0.438 e. The van der Waals surface area contributed by atoms with E-state index >= 15 is 0 Å². The van der Waals surface area contributed by atoms with E-state index in [0.29, 0.717) is 25.9 Å². The van der Waals surface area contributed by atoms with Crippen molar-refractivity contribution in [1.29, 1.82) is 0 Å². The van der Waals surface area contributed by atoms with Crippen LogP contribution < -0.4 is 5.32 Å². The van der Waals surface area contributed by atoms with Crippen molar-refractivity contribution in [2.24, 2.45) is 0 Å². The van der Waals surface area contributed by atoms with E-state index in [1.807, 2.05) is 7.05 Å². The van der Waals surface area contributed by atoms with Crippen molar-refractivity contribution >= 4 is 23.7 Å². The number of likely N-dealkylation sites (tertiary alicyclic amines) is 1. The van der Waals surface area contributed by atoms with E-state index < -0.39 is 23.6 Å². The summed E-state index contributed by atoms with van der Waals surface area (Å²) in [6.07, 6.45) is -0.290. The smallest absolute Gasteiger partial charge is 0.438 e. The number of hydrogen-bond donors (Lipinski definition) is 1. The summed E-state index contributed by atoms with van der Waals surface area (Å²) in [4.78, 5) is 25.9. The molecule has 1 amide bonds. The Kier molecular flexibility index (Phi) is 6.01. The van der Waals surface area contributed by atoms with Gasteiger partial charge in [0.15, 0.2) is 5.72 Å². The zero-order valence-electron chi connectivity index (χ0n) is 13.6. The SMILES string of the molecule is COC(=O)OC1(NC(=O)Cc2c(F)cccc2Cl)CCN(C)CC1. The van der Waals surface area contributed by atoms with Crippen LogP contribution in [0.25, 0.3) is 0 Å². The Hall–Kier alpha value is -1.86. The van der Waals surface area contributed by atoms with Gasteiger partial charge in [0.2, 0.25) is 5.91 Å². The molecule has 8 heteroatoms. The predicted molar refractivity (Wildman–Crippen MR) is 86.2 cm³/mol. The summed E-state index contributed by atoms with van der Waals surface area (Å²) in [6.45, 7) is 1.27. The highest BCUT2D eigenvalue weighted by molar-refractivity contribution is 6.31. The van der Waals surface area contributed by atoms with Gasteiger partial charge < -0.3 is 19.7 Å². The number of methoxy groups -OCH3 is 1. The summed E-state index contributed by atoms with van der Waals surface area (Å²) in [6, 6.07) is 4.23. The monoisotopic (exact) mass is 358 g/mol. The maximum Gasteiger partial charge on any atom is 0.510 e. The van der Waals surface area contributed by atoms with E-state index in [1.54, 1.807) is 0 Å². The third-order valence-electron chi connectivity index (χ3n) is 4.01. The number of benzene rings is 1. The highest BCUT2D eigenvalue weighted by Gasteiger charge is 2.39. The standard InChI is InChI=1S/C16H20ClFN2O4/c1-20-8-6-16(7-9-20,24-15(22)23-2)19-14(21)10-11-12(17)4-3-5-13(11)18/h3-5H,6-10H2,1-2H3,(H,19,21). The molecule has 0 aliphatic carbocycles. The van der Waals surface area contributed by atoms with Gasteiger partial charge in [-0.15, -0.1) is 0 Å². The fraction of sp³-hybridized carbons (Fsp3) is 0.500. The van der Waals surface area contributed by atoms with Gasteiger partial charge in [0.1, 0.15) is 5.82 Å². The van der Waals surface area contributed by atoms with Crippen LogP contribution in [0.5, 0.6) is 0 Å². The van der Waals surface area contributed by atoms with Crippen LogP contribution in [0.2, 0.25) is 5.02 Å². The van der Waals surface area contributed by atoms with Crippen LogP contribution in [0.15, 0.2) is 18.2 Å². The Morgan fingerprint density at radius 1 is 1.38 bits per heavy atom. The lowest BCUT2D eigenvalue weighted by molar-refractivity contribution is -0.134. The van der Waals surface area contributed by atoms with Crippen molar-refractivity contribution < 1.29 is 23.5 Å². The lowest BCUT2D eigenvalue weighted by atomic mass is 9.99. The molecule has 0 spiro atoms. The molecule has 0 aromatic heterocycles. The molecule has 0 saturated carbocycles. The summed E-state index contributed by atoms with van der Waals surface area (Å²) in [5.41, 5.74) is -1.05. The maximum atomic E-state index is 13.8. The number of nitrogens with zero attached hydrogens (tertiary/aromatic N) is 1. The maximum absolute atomic E-state index is 13.8. The normalized spacial score (nSPS) is 17.2. The first-order valence-corrected chi connectivity index (χ1v) is 7.92. The number of ether oxygens (including phenoxy) is 2. The van der Waals surface area contributed by atoms with E-state index in [9.17, 15) is 14.0 Å². The fourth-order valence-corrected chi connectivity index (χ4v) is 2.82. The highest BCUT2D eigenvalue weighted by atomic mass is 35.5. The van der Waals surface area contributed by atoms with Crippen LogP contribution in [0.1, 0.15) is 18.4 Å². The molecule has 0 bridgehead atoms. The molecule has 1 fully saturated rings. The second-order valence-electron chi connectivity index (χ2n) is 5.78. The quantitative estimate of drug-likeness (QED) is 0.661. The second kappa shape index (κ2) is 7.81. The molecule has 0 unspecified atom stereocenters. The number of carbonyl (C=O) groups is 2. The van der Waals surface area contributed by atoms with Gasteiger partial charge in [0.25, 0.3) is 0 Å². The van der Waals surface area contributed by atoms with Crippen molar-refractivity contribution in [2.45, 2.75) is 25.0 Å². The lowest BCUT2D eigenvalue weighted by Crippen LogP contribution is -2.57. The first kappa shape index (κ1) is 18.5. The van der Waals surface area contributed by atoms with Gasteiger partial charge in [-0.1, -0.05) is 17.7 Å². The highest BCUT2D eigenvalue weighted by Crippen LogP contribution is 2.25. The van der Waals surface area contributed by atoms with E-state index in [-0.39, 0.29) is 17.0 Å². The Labute approximate surface area is 144 Å². The molecule has 132 valence electrons. The van der Waals surface area contributed by atoms with Gasteiger partial charge in [-0.2, -0.15) is 0 Å². The number of piperidine rings is 1. The van der Waals surface area contributed by atoms with Gasteiger partial charge in [-0.25, -0.2) is 9.18 Å². The molecule has 2 rings (SSSR count).